The predicted molar refractivity (Wildman–Crippen MR) is 61.4 cm³/mol. The summed E-state index contributed by atoms with van der Waals surface area (Å²) in [5.74, 6) is 1.87. The van der Waals surface area contributed by atoms with Gasteiger partial charge in [-0.1, -0.05) is 13.8 Å². The van der Waals surface area contributed by atoms with Gasteiger partial charge >= 0.3 is 0 Å². The third kappa shape index (κ3) is 2.13. The summed E-state index contributed by atoms with van der Waals surface area (Å²) in [6, 6.07) is 0.812. The summed E-state index contributed by atoms with van der Waals surface area (Å²) >= 11 is 0. The van der Waals surface area contributed by atoms with Gasteiger partial charge in [0.15, 0.2) is 0 Å². The number of nitrogens with one attached hydrogen (secondary N) is 1. The van der Waals surface area contributed by atoms with Crippen LogP contribution >= 0.6 is 0 Å². The van der Waals surface area contributed by atoms with Gasteiger partial charge in [-0.2, -0.15) is 0 Å². The van der Waals surface area contributed by atoms with Crippen molar-refractivity contribution in [3.63, 3.8) is 0 Å². The van der Waals surface area contributed by atoms with Crippen LogP contribution in [0, 0.1) is 11.8 Å². The highest BCUT2D eigenvalue weighted by molar-refractivity contribution is 4.95. The molecule has 0 amide bonds. The standard InChI is InChI=1S/C13H25N/c1-10-5-6-12(9-11(10)2)14-13(3)7-4-8-13/h10-12,14H,4-9H2,1-3H3. The molecule has 2 fully saturated rings. The van der Waals surface area contributed by atoms with E-state index in [1.807, 2.05) is 0 Å². The quantitative estimate of drug-likeness (QED) is 0.712. The Balaban J connectivity index is 1.81. The molecule has 14 heavy (non-hydrogen) atoms. The Morgan fingerprint density at radius 3 is 2.29 bits per heavy atom. The molecule has 0 saturated heterocycles. The number of rotatable bonds is 2. The van der Waals surface area contributed by atoms with E-state index in [1.165, 1.54) is 38.5 Å². The summed E-state index contributed by atoms with van der Waals surface area (Å²) in [6.45, 7) is 7.23. The summed E-state index contributed by atoms with van der Waals surface area (Å²) in [4.78, 5) is 0. The second-order valence-corrected chi connectivity index (χ2v) is 6.02. The average molecular weight is 195 g/mol. The smallest absolute Gasteiger partial charge is 0.0156 e. The largest absolute Gasteiger partial charge is 0.309 e. The first-order valence-corrected chi connectivity index (χ1v) is 6.37. The van der Waals surface area contributed by atoms with Crippen molar-refractivity contribution >= 4 is 0 Å². The van der Waals surface area contributed by atoms with E-state index in [4.69, 9.17) is 0 Å². The summed E-state index contributed by atoms with van der Waals surface area (Å²) < 4.78 is 0. The van der Waals surface area contributed by atoms with Gasteiger partial charge in [0.05, 0.1) is 0 Å². The molecule has 0 spiro atoms. The highest BCUT2D eigenvalue weighted by Crippen LogP contribution is 2.35. The van der Waals surface area contributed by atoms with Crippen LogP contribution in [0.1, 0.15) is 59.3 Å². The van der Waals surface area contributed by atoms with Crippen LogP contribution < -0.4 is 5.32 Å². The first-order chi connectivity index (χ1) is 6.59. The summed E-state index contributed by atoms with van der Waals surface area (Å²) in [7, 11) is 0. The molecule has 0 aliphatic heterocycles. The Bertz CT molecular complexity index is 195. The molecule has 0 aromatic heterocycles. The van der Waals surface area contributed by atoms with Crippen LogP contribution in [0.4, 0.5) is 0 Å². The van der Waals surface area contributed by atoms with E-state index in [2.05, 4.69) is 26.1 Å². The molecule has 2 rings (SSSR count). The van der Waals surface area contributed by atoms with Gasteiger partial charge in [-0.3, -0.25) is 0 Å². The van der Waals surface area contributed by atoms with Crippen molar-refractivity contribution in [1.82, 2.24) is 5.32 Å². The monoisotopic (exact) mass is 195 g/mol. The van der Waals surface area contributed by atoms with E-state index in [-0.39, 0.29) is 0 Å². The Morgan fingerprint density at radius 2 is 1.79 bits per heavy atom. The molecule has 2 aliphatic carbocycles. The maximum atomic E-state index is 3.88. The van der Waals surface area contributed by atoms with E-state index in [1.54, 1.807) is 0 Å². The lowest BCUT2D eigenvalue weighted by Crippen LogP contribution is -2.54. The average Bonchev–Trinajstić information content (AvgIpc) is 2.09. The Morgan fingerprint density at radius 1 is 1.07 bits per heavy atom. The molecule has 0 heterocycles. The maximum absolute atomic E-state index is 3.88. The van der Waals surface area contributed by atoms with Crippen LogP contribution in [0.5, 0.6) is 0 Å². The second-order valence-electron chi connectivity index (χ2n) is 6.02. The third-order valence-electron chi connectivity index (χ3n) is 4.61. The molecule has 3 atom stereocenters. The molecule has 0 aromatic carbocycles. The molecule has 1 heteroatoms. The molecule has 0 aromatic rings. The van der Waals surface area contributed by atoms with Gasteiger partial charge in [0.1, 0.15) is 0 Å². The van der Waals surface area contributed by atoms with Crippen molar-refractivity contribution in [3.8, 4) is 0 Å². The molecule has 3 unspecified atom stereocenters. The molecule has 1 nitrogen and oxygen atoms in total. The number of hydrogen-bond acceptors (Lipinski definition) is 1. The van der Waals surface area contributed by atoms with E-state index in [9.17, 15) is 0 Å². The SMILES string of the molecule is CC1CCC(NC2(C)CCC2)CC1C. The lowest BCUT2D eigenvalue weighted by Gasteiger charge is -2.45. The molecular formula is C13H25N. The van der Waals surface area contributed by atoms with Gasteiger partial charge in [-0.25, -0.2) is 0 Å². The molecule has 0 radical (unpaired) electrons. The second kappa shape index (κ2) is 3.84. The first-order valence-electron chi connectivity index (χ1n) is 6.37. The van der Waals surface area contributed by atoms with Crippen molar-refractivity contribution < 1.29 is 0 Å². The highest BCUT2D eigenvalue weighted by atomic mass is 15.0. The Kier molecular flexibility index (Phi) is 2.88. The van der Waals surface area contributed by atoms with Crippen LogP contribution in [0.15, 0.2) is 0 Å². The molecule has 82 valence electrons. The topological polar surface area (TPSA) is 12.0 Å². The fourth-order valence-electron chi connectivity index (χ4n) is 3.02. The van der Waals surface area contributed by atoms with Crippen LogP contribution in [0.25, 0.3) is 0 Å². The van der Waals surface area contributed by atoms with Gasteiger partial charge < -0.3 is 5.32 Å². The van der Waals surface area contributed by atoms with Crippen molar-refractivity contribution in [3.05, 3.63) is 0 Å². The minimum atomic E-state index is 0.505. The minimum Gasteiger partial charge on any atom is -0.309 e. The van der Waals surface area contributed by atoms with Crippen LogP contribution in [-0.4, -0.2) is 11.6 Å². The predicted octanol–water partition coefficient (Wildman–Crippen LogP) is 3.34. The van der Waals surface area contributed by atoms with Gasteiger partial charge in [0.25, 0.3) is 0 Å². The van der Waals surface area contributed by atoms with Gasteiger partial charge in [0.2, 0.25) is 0 Å². The lowest BCUT2D eigenvalue weighted by atomic mass is 9.74. The van der Waals surface area contributed by atoms with Crippen LogP contribution in [-0.2, 0) is 0 Å². The summed E-state index contributed by atoms with van der Waals surface area (Å²) in [6.07, 6.45) is 8.45. The fraction of sp³-hybridized carbons (Fsp3) is 1.00. The molecule has 1 N–H and O–H groups in total. The zero-order valence-corrected chi connectivity index (χ0v) is 9.97. The third-order valence-corrected chi connectivity index (χ3v) is 4.61. The fourth-order valence-corrected chi connectivity index (χ4v) is 3.02. The van der Waals surface area contributed by atoms with Crippen molar-refractivity contribution in [2.45, 2.75) is 70.9 Å². The van der Waals surface area contributed by atoms with Crippen molar-refractivity contribution in [2.75, 3.05) is 0 Å². The van der Waals surface area contributed by atoms with Crippen LogP contribution in [0.2, 0.25) is 0 Å². The van der Waals surface area contributed by atoms with Gasteiger partial charge in [-0.15, -0.1) is 0 Å². The van der Waals surface area contributed by atoms with Gasteiger partial charge in [0, 0.05) is 11.6 Å². The van der Waals surface area contributed by atoms with E-state index in [0.717, 1.165) is 17.9 Å². The van der Waals surface area contributed by atoms with E-state index in [0.29, 0.717) is 5.54 Å². The zero-order chi connectivity index (χ0) is 10.2. The molecule has 2 aliphatic rings. The highest BCUT2D eigenvalue weighted by Gasteiger charge is 2.35. The van der Waals surface area contributed by atoms with Gasteiger partial charge in [-0.05, 0) is 57.3 Å². The summed E-state index contributed by atoms with van der Waals surface area (Å²) in [5.41, 5.74) is 0.505. The van der Waals surface area contributed by atoms with Crippen molar-refractivity contribution in [1.29, 1.82) is 0 Å². The van der Waals surface area contributed by atoms with E-state index >= 15 is 0 Å². The number of hydrogen-bond donors (Lipinski definition) is 1. The molecule has 0 bridgehead atoms. The molecular weight excluding hydrogens is 170 g/mol. The minimum absolute atomic E-state index is 0.505. The van der Waals surface area contributed by atoms with Crippen molar-refractivity contribution in [2.24, 2.45) is 11.8 Å². The normalized spacial score (nSPS) is 41.8. The Labute approximate surface area is 88.7 Å². The Hall–Kier alpha value is -0.0400. The molecule has 2 saturated carbocycles. The first kappa shape index (κ1) is 10.5. The zero-order valence-electron chi connectivity index (χ0n) is 9.97. The maximum Gasteiger partial charge on any atom is 0.0156 e. The van der Waals surface area contributed by atoms with E-state index < -0.39 is 0 Å². The lowest BCUT2D eigenvalue weighted by molar-refractivity contribution is 0.138. The van der Waals surface area contributed by atoms with Crippen LogP contribution in [0.3, 0.4) is 0 Å². The summed E-state index contributed by atoms with van der Waals surface area (Å²) in [5, 5.41) is 3.88.